The van der Waals surface area contributed by atoms with Crippen molar-refractivity contribution in [2.75, 3.05) is 11.9 Å². The number of hydrogen-bond donors (Lipinski definition) is 2. The number of carbonyl (C=O) groups excluding carboxylic acids is 2. The van der Waals surface area contributed by atoms with Crippen molar-refractivity contribution in [2.45, 2.75) is 69.9 Å². The van der Waals surface area contributed by atoms with Crippen LogP contribution in [0.4, 0.5) is 5.69 Å². The van der Waals surface area contributed by atoms with Gasteiger partial charge < -0.3 is 15.4 Å². The molecule has 3 rings (SSSR count). The summed E-state index contributed by atoms with van der Waals surface area (Å²) in [6, 6.07) is 7.40. The van der Waals surface area contributed by atoms with E-state index >= 15 is 0 Å². The molecule has 2 N–H and O–H groups in total. The Morgan fingerprint density at radius 1 is 0.960 bits per heavy atom. The summed E-state index contributed by atoms with van der Waals surface area (Å²) >= 11 is 0. The van der Waals surface area contributed by atoms with E-state index in [1.165, 1.54) is 32.1 Å². The Morgan fingerprint density at radius 3 is 2.44 bits per heavy atom. The van der Waals surface area contributed by atoms with Gasteiger partial charge in [-0.05, 0) is 43.9 Å². The van der Waals surface area contributed by atoms with Crippen molar-refractivity contribution in [1.82, 2.24) is 5.32 Å². The molecule has 2 aliphatic rings. The Hall–Kier alpha value is -1.88. The first-order chi connectivity index (χ1) is 12.2. The average Bonchev–Trinajstić information content (AvgIpc) is 3.12. The van der Waals surface area contributed by atoms with Crippen LogP contribution in [-0.2, 0) is 9.53 Å². The Bertz CT molecular complexity index is 588. The second-order valence-corrected chi connectivity index (χ2v) is 7.09. The monoisotopic (exact) mass is 344 g/mol. The average molecular weight is 344 g/mol. The highest BCUT2D eigenvalue weighted by atomic mass is 16.5. The Morgan fingerprint density at radius 2 is 1.72 bits per heavy atom. The second-order valence-electron chi connectivity index (χ2n) is 7.09. The first-order valence-electron chi connectivity index (χ1n) is 9.56. The highest BCUT2D eigenvalue weighted by Gasteiger charge is 2.23. The fraction of sp³-hybridized carbons (Fsp3) is 0.600. The van der Waals surface area contributed by atoms with Gasteiger partial charge in [-0.1, -0.05) is 38.2 Å². The van der Waals surface area contributed by atoms with Gasteiger partial charge in [-0.2, -0.15) is 0 Å². The molecule has 1 unspecified atom stereocenters. The molecule has 1 aromatic carbocycles. The Balaban J connectivity index is 1.57. The van der Waals surface area contributed by atoms with Gasteiger partial charge in [0.05, 0.1) is 0 Å². The van der Waals surface area contributed by atoms with Crippen LogP contribution >= 0.6 is 0 Å². The van der Waals surface area contributed by atoms with Gasteiger partial charge in [-0.25, -0.2) is 0 Å². The Labute approximate surface area is 149 Å². The van der Waals surface area contributed by atoms with Gasteiger partial charge in [-0.15, -0.1) is 0 Å². The van der Waals surface area contributed by atoms with E-state index in [4.69, 9.17) is 4.74 Å². The first-order valence-corrected chi connectivity index (χ1v) is 9.56. The third-order valence-electron chi connectivity index (χ3n) is 5.05. The molecule has 1 saturated heterocycles. The summed E-state index contributed by atoms with van der Waals surface area (Å²) in [6.45, 7) is 0.641. The van der Waals surface area contributed by atoms with Crippen molar-refractivity contribution in [1.29, 1.82) is 0 Å². The van der Waals surface area contributed by atoms with Crippen LogP contribution in [0.25, 0.3) is 0 Å². The predicted molar refractivity (Wildman–Crippen MR) is 97.6 cm³/mol. The van der Waals surface area contributed by atoms with E-state index in [0.29, 0.717) is 17.9 Å². The fourth-order valence-electron chi connectivity index (χ4n) is 3.61. The lowest BCUT2D eigenvalue weighted by Crippen LogP contribution is -2.35. The molecule has 2 fully saturated rings. The summed E-state index contributed by atoms with van der Waals surface area (Å²) in [6.07, 6.45) is 9.62. The number of amides is 2. The maximum Gasteiger partial charge on any atom is 0.253 e. The molecular formula is C20H28N2O3. The summed E-state index contributed by atoms with van der Waals surface area (Å²) in [4.78, 5) is 24.7. The molecule has 0 bridgehead atoms. The lowest BCUT2D eigenvalue weighted by atomic mass is 9.96. The number of nitrogens with one attached hydrogen (secondary N) is 2. The Kier molecular flexibility index (Phi) is 6.45. The zero-order chi connectivity index (χ0) is 17.5. The lowest BCUT2D eigenvalue weighted by Gasteiger charge is -2.21. The largest absolute Gasteiger partial charge is 0.368 e. The molecule has 136 valence electrons. The van der Waals surface area contributed by atoms with E-state index in [0.717, 1.165) is 25.7 Å². The maximum absolute atomic E-state index is 12.6. The molecule has 1 aliphatic carbocycles. The number of ether oxygens (including phenoxy) is 1. The van der Waals surface area contributed by atoms with Gasteiger partial charge in [0.1, 0.15) is 6.10 Å². The molecule has 0 spiro atoms. The minimum atomic E-state index is -0.368. The quantitative estimate of drug-likeness (QED) is 0.876. The molecule has 1 aliphatic heterocycles. The van der Waals surface area contributed by atoms with Crippen molar-refractivity contribution >= 4 is 17.5 Å². The van der Waals surface area contributed by atoms with E-state index in [1.54, 1.807) is 24.3 Å². The van der Waals surface area contributed by atoms with Crippen molar-refractivity contribution < 1.29 is 14.3 Å². The van der Waals surface area contributed by atoms with Crippen LogP contribution in [0.2, 0.25) is 0 Å². The molecule has 5 heteroatoms. The third-order valence-corrected chi connectivity index (χ3v) is 5.05. The molecular weight excluding hydrogens is 316 g/mol. The molecule has 0 aromatic heterocycles. The minimum Gasteiger partial charge on any atom is -0.368 e. The van der Waals surface area contributed by atoms with Crippen LogP contribution < -0.4 is 10.6 Å². The zero-order valence-electron chi connectivity index (χ0n) is 14.8. The van der Waals surface area contributed by atoms with Gasteiger partial charge >= 0.3 is 0 Å². The number of carbonyl (C=O) groups is 2. The van der Waals surface area contributed by atoms with Gasteiger partial charge in [0.15, 0.2) is 0 Å². The number of rotatable bonds is 4. The van der Waals surface area contributed by atoms with Crippen LogP contribution in [0.15, 0.2) is 24.3 Å². The van der Waals surface area contributed by atoms with Gasteiger partial charge in [0.2, 0.25) is 0 Å². The van der Waals surface area contributed by atoms with Crippen molar-refractivity contribution in [3.05, 3.63) is 29.8 Å². The summed E-state index contributed by atoms with van der Waals surface area (Å²) in [7, 11) is 0. The maximum atomic E-state index is 12.6. The van der Waals surface area contributed by atoms with Crippen LogP contribution in [0, 0.1) is 0 Å². The SMILES string of the molecule is O=C(NC1CCCCCCC1)c1cccc(NC(=O)C2CCCO2)c1. The van der Waals surface area contributed by atoms with E-state index in [-0.39, 0.29) is 24.0 Å². The molecule has 2 amide bonds. The minimum absolute atomic E-state index is 0.0567. The lowest BCUT2D eigenvalue weighted by molar-refractivity contribution is -0.124. The standard InChI is InChI=1S/C20H28N2O3/c23-19(21-16-9-4-2-1-3-5-10-16)15-8-6-11-17(14-15)22-20(24)18-12-7-13-25-18/h6,8,11,14,16,18H,1-5,7,9-10,12-13H2,(H,21,23)(H,22,24). The topological polar surface area (TPSA) is 67.4 Å². The van der Waals surface area contributed by atoms with Gasteiger partial charge in [-0.3, -0.25) is 9.59 Å². The number of anilines is 1. The summed E-state index contributed by atoms with van der Waals surface area (Å²) in [5.74, 6) is -0.186. The summed E-state index contributed by atoms with van der Waals surface area (Å²) < 4.78 is 5.40. The number of benzene rings is 1. The van der Waals surface area contributed by atoms with Crippen molar-refractivity contribution in [3.63, 3.8) is 0 Å². The summed E-state index contributed by atoms with van der Waals surface area (Å²) in [5.41, 5.74) is 1.23. The molecule has 1 heterocycles. The predicted octanol–water partition coefficient (Wildman–Crippen LogP) is 3.65. The molecule has 1 atom stereocenters. The zero-order valence-corrected chi connectivity index (χ0v) is 14.8. The van der Waals surface area contributed by atoms with Crippen molar-refractivity contribution in [2.24, 2.45) is 0 Å². The van der Waals surface area contributed by atoms with Crippen LogP contribution in [0.1, 0.15) is 68.1 Å². The van der Waals surface area contributed by atoms with E-state index < -0.39 is 0 Å². The van der Waals surface area contributed by atoms with Crippen LogP contribution in [0.5, 0.6) is 0 Å². The highest BCUT2D eigenvalue weighted by Crippen LogP contribution is 2.19. The molecule has 5 nitrogen and oxygen atoms in total. The normalized spacial score (nSPS) is 22.0. The van der Waals surface area contributed by atoms with E-state index in [1.807, 2.05) is 0 Å². The third kappa shape index (κ3) is 5.30. The molecule has 1 aromatic rings. The van der Waals surface area contributed by atoms with Gasteiger partial charge in [0.25, 0.3) is 11.8 Å². The molecule has 1 saturated carbocycles. The van der Waals surface area contributed by atoms with E-state index in [2.05, 4.69) is 10.6 Å². The fourth-order valence-corrected chi connectivity index (χ4v) is 3.61. The van der Waals surface area contributed by atoms with Gasteiger partial charge in [0, 0.05) is 23.9 Å². The molecule has 25 heavy (non-hydrogen) atoms. The van der Waals surface area contributed by atoms with E-state index in [9.17, 15) is 9.59 Å². The number of hydrogen-bond acceptors (Lipinski definition) is 3. The first kappa shape index (κ1) is 17.9. The smallest absolute Gasteiger partial charge is 0.253 e. The highest BCUT2D eigenvalue weighted by molar-refractivity contribution is 5.98. The second kappa shape index (κ2) is 8.99. The molecule has 0 radical (unpaired) electrons. The van der Waals surface area contributed by atoms with Crippen molar-refractivity contribution in [3.8, 4) is 0 Å². The van der Waals surface area contributed by atoms with Crippen LogP contribution in [0.3, 0.4) is 0 Å². The van der Waals surface area contributed by atoms with Crippen LogP contribution in [-0.4, -0.2) is 30.6 Å². The summed E-state index contributed by atoms with van der Waals surface area (Å²) in [5, 5.41) is 6.02.